The van der Waals surface area contributed by atoms with Gasteiger partial charge in [-0.15, -0.1) is 0 Å². The first-order valence-electron chi connectivity index (χ1n) is 8.59. The number of aromatic amines is 1. The van der Waals surface area contributed by atoms with E-state index in [2.05, 4.69) is 10.1 Å². The number of hydrogen-bond acceptors (Lipinski definition) is 6. The number of nitrogens with one attached hydrogen (secondary N) is 1. The number of rotatable bonds is 3. The van der Waals surface area contributed by atoms with Crippen LogP contribution < -0.4 is 10.3 Å². The lowest BCUT2D eigenvalue weighted by atomic mass is 10.0. The number of aromatic nitrogens is 2. The Balaban J connectivity index is 1.81. The van der Waals surface area contributed by atoms with Gasteiger partial charge in [0.1, 0.15) is 0 Å². The Morgan fingerprint density at radius 3 is 2.88 bits per heavy atom. The molecule has 0 radical (unpaired) electrons. The van der Waals surface area contributed by atoms with Crippen molar-refractivity contribution in [2.24, 2.45) is 4.99 Å². The third kappa shape index (κ3) is 2.93. The van der Waals surface area contributed by atoms with Crippen molar-refractivity contribution >= 4 is 22.6 Å². The normalized spacial score (nSPS) is 20.5. The van der Waals surface area contributed by atoms with Gasteiger partial charge in [-0.3, -0.25) is 14.6 Å². The number of aliphatic imine (C=N–C) groups is 1. The number of phenols is 1. The monoisotopic (exact) mass is 375 g/mol. The quantitative estimate of drug-likeness (QED) is 0.860. The molecule has 26 heavy (non-hydrogen) atoms. The number of fused-ring (bicyclic) bond motifs is 1. The van der Waals surface area contributed by atoms with Gasteiger partial charge in [-0.2, -0.15) is 0 Å². The summed E-state index contributed by atoms with van der Waals surface area (Å²) < 4.78 is 12.6. The van der Waals surface area contributed by atoms with E-state index in [1.54, 1.807) is 12.1 Å². The third-order valence-electron chi connectivity index (χ3n) is 4.81. The summed E-state index contributed by atoms with van der Waals surface area (Å²) >= 11 is 1.54. The fraction of sp³-hybridized carbons (Fsp3) is 0.444. The van der Waals surface area contributed by atoms with Crippen LogP contribution in [0.3, 0.4) is 0 Å². The molecule has 2 aliphatic rings. The Hall–Kier alpha value is -2.19. The van der Waals surface area contributed by atoms with Gasteiger partial charge < -0.3 is 14.6 Å². The molecule has 0 amide bonds. The Labute approximate surface area is 155 Å². The van der Waals surface area contributed by atoms with Gasteiger partial charge in [-0.1, -0.05) is 17.8 Å². The molecule has 0 spiro atoms. The topological polar surface area (TPSA) is 88.8 Å². The van der Waals surface area contributed by atoms with E-state index in [0.717, 1.165) is 23.4 Å². The molecule has 1 atom stereocenters. The predicted molar refractivity (Wildman–Crippen MR) is 101 cm³/mol. The number of nitrogens with zero attached hydrogens (tertiary/aromatic N) is 2. The van der Waals surface area contributed by atoms with Crippen molar-refractivity contribution in [3.63, 3.8) is 0 Å². The molecule has 138 valence electrons. The van der Waals surface area contributed by atoms with E-state index in [1.165, 1.54) is 18.9 Å². The standard InChI is InChI=1S/C18H21N3O4S/c1-10-19-17-15(18(23)20-21(17)12-5-7-25-8-6-12)16(26-10)11-3-4-13(22)14(9-11)24-2/h3-4,9,12,16,22H,5-8H2,1-2H3,(H,20,23)/t16-/m1/s1. The molecule has 2 aliphatic heterocycles. The largest absolute Gasteiger partial charge is 0.504 e. The first kappa shape index (κ1) is 17.2. The molecule has 3 heterocycles. The lowest BCUT2D eigenvalue weighted by molar-refractivity contribution is 0.0666. The highest BCUT2D eigenvalue weighted by atomic mass is 32.2. The van der Waals surface area contributed by atoms with Crippen molar-refractivity contribution in [3.8, 4) is 11.5 Å². The minimum absolute atomic E-state index is 0.0800. The average Bonchev–Trinajstić information content (AvgIpc) is 2.98. The molecule has 2 N–H and O–H groups in total. The molecule has 1 aromatic heterocycles. The number of H-pyrrole nitrogens is 1. The minimum Gasteiger partial charge on any atom is -0.504 e. The molecule has 0 unspecified atom stereocenters. The highest BCUT2D eigenvalue weighted by Gasteiger charge is 2.32. The van der Waals surface area contributed by atoms with Gasteiger partial charge >= 0.3 is 0 Å². The molecule has 0 aliphatic carbocycles. The second-order valence-electron chi connectivity index (χ2n) is 6.45. The highest BCUT2D eigenvalue weighted by molar-refractivity contribution is 8.14. The SMILES string of the molecule is COc1cc([C@H]2SC(C)=Nc3c2c(=O)[nH]n3C2CCOCC2)ccc1O. The lowest BCUT2D eigenvalue weighted by Gasteiger charge is -2.26. The van der Waals surface area contributed by atoms with Gasteiger partial charge in [0.25, 0.3) is 5.56 Å². The van der Waals surface area contributed by atoms with Crippen LogP contribution >= 0.6 is 11.8 Å². The van der Waals surface area contributed by atoms with Crippen molar-refractivity contribution < 1.29 is 14.6 Å². The van der Waals surface area contributed by atoms with Gasteiger partial charge in [-0.25, -0.2) is 4.99 Å². The summed E-state index contributed by atoms with van der Waals surface area (Å²) in [5.41, 5.74) is 1.43. The van der Waals surface area contributed by atoms with Crippen LogP contribution in [-0.2, 0) is 4.74 Å². The molecule has 1 aromatic carbocycles. The van der Waals surface area contributed by atoms with Gasteiger partial charge in [0, 0.05) is 13.2 Å². The maximum atomic E-state index is 12.8. The molecule has 0 bridgehead atoms. The van der Waals surface area contributed by atoms with Crippen molar-refractivity contribution in [1.82, 2.24) is 9.78 Å². The van der Waals surface area contributed by atoms with Gasteiger partial charge in [0.05, 0.1) is 29.0 Å². The molecule has 7 nitrogen and oxygen atoms in total. The number of thioether (sulfide) groups is 1. The van der Waals surface area contributed by atoms with E-state index in [1.807, 2.05) is 17.7 Å². The predicted octanol–water partition coefficient (Wildman–Crippen LogP) is 3.13. The van der Waals surface area contributed by atoms with Crippen LogP contribution in [0.5, 0.6) is 11.5 Å². The van der Waals surface area contributed by atoms with Crippen molar-refractivity contribution in [2.75, 3.05) is 20.3 Å². The maximum Gasteiger partial charge on any atom is 0.271 e. The Morgan fingerprint density at radius 2 is 2.15 bits per heavy atom. The molecule has 8 heteroatoms. The highest BCUT2D eigenvalue weighted by Crippen LogP contribution is 2.46. The molecular formula is C18H21N3O4S. The summed E-state index contributed by atoms with van der Waals surface area (Å²) in [7, 11) is 1.51. The second kappa shape index (κ2) is 6.85. The summed E-state index contributed by atoms with van der Waals surface area (Å²) in [6.45, 7) is 3.33. The van der Waals surface area contributed by atoms with Gasteiger partial charge in [-0.05, 0) is 37.5 Å². The van der Waals surface area contributed by atoms with E-state index in [9.17, 15) is 9.90 Å². The zero-order valence-corrected chi connectivity index (χ0v) is 15.5. The Morgan fingerprint density at radius 1 is 1.38 bits per heavy atom. The molecule has 0 saturated carbocycles. The van der Waals surface area contributed by atoms with Crippen LogP contribution in [0.4, 0.5) is 5.82 Å². The van der Waals surface area contributed by atoms with Crippen LogP contribution in [0.25, 0.3) is 0 Å². The molecular weight excluding hydrogens is 354 g/mol. The maximum absolute atomic E-state index is 12.8. The molecule has 4 rings (SSSR count). The van der Waals surface area contributed by atoms with E-state index < -0.39 is 0 Å². The van der Waals surface area contributed by atoms with Crippen LogP contribution in [0.2, 0.25) is 0 Å². The van der Waals surface area contributed by atoms with E-state index >= 15 is 0 Å². The number of ether oxygens (including phenoxy) is 2. The van der Waals surface area contributed by atoms with Crippen LogP contribution in [-0.4, -0.2) is 40.3 Å². The third-order valence-corrected chi connectivity index (χ3v) is 5.99. The lowest BCUT2D eigenvalue weighted by Crippen LogP contribution is -2.21. The number of phenolic OH excluding ortho intramolecular Hbond substituents is 1. The van der Waals surface area contributed by atoms with E-state index in [4.69, 9.17) is 9.47 Å². The molecule has 1 fully saturated rings. The summed E-state index contributed by atoms with van der Waals surface area (Å²) in [5, 5.41) is 13.6. The van der Waals surface area contributed by atoms with Crippen LogP contribution in [0.15, 0.2) is 28.0 Å². The summed E-state index contributed by atoms with van der Waals surface area (Å²) in [6.07, 6.45) is 1.72. The first-order valence-corrected chi connectivity index (χ1v) is 9.47. The molecule has 1 saturated heterocycles. The first-order chi connectivity index (χ1) is 12.6. The van der Waals surface area contributed by atoms with E-state index in [-0.39, 0.29) is 22.6 Å². The minimum atomic E-state index is -0.193. The summed E-state index contributed by atoms with van der Waals surface area (Å²) in [6, 6.07) is 5.39. The number of aromatic hydroxyl groups is 1. The van der Waals surface area contributed by atoms with Crippen molar-refractivity contribution in [2.45, 2.75) is 31.1 Å². The smallest absolute Gasteiger partial charge is 0.271 e. The number of benzene rings is 1. The van der Waals surface area contributed by atoms with Crippen molar-refractivity contribution in [3.05, 3.63) is 39.7 Å². The van der Waals surface area contributed by atoms with E-state index in [0.29, 0.717) is 30.3 Å². The number of methoxy groups -OCH3 is 1. The zero-order valence-electron chi connectivity index (χ0n) is 14.7. The van der Waals surface area contributed by atoms with Crippen LogP contribution in [0, 0.1) is 0 Å². The zero-order chi connectivity index (χ0) is 18.3. The summed E-state index contributed by atoms with van der Waals surface area (Å²) in [4.78, 5) is 17.4. The Kier molecular flexibility index (Phi) is 4.54. The second-order valence-corrected chi connectivity index (χ2v) is 7.75. The van der Waals surface area contributed by atoms with Gasteiger partial charge in [0.15, 0.2) is 17.3 Å². The Bertz CT molecular complexity index is 912. The van der Waals surface area contributed by atoms with Gasteiger partial charge in [0.2, 0.25) is 0 Å². The number of hydrogen-bond donors (Lipinski definition) is 2. The summed E-state index contributed by atoms with van der Waals surface area (Å²) in [5.74, 6) is 1.18. The van der Waals surface area contributed by atoms with Crippen LogP contribution in [0.1, 0.15) is 42.2 Å². The fourth-order valence-corrected chi connectivity index (χ4v) is 4.60. The molecule has 2 aromatic rings. The fourth-order valence-electron chi connectivity index (χ4n) is 3.51. The van der Waals surface area contributed by atoms with Crippen molar-refractivity contribution in [1.29, 1.82) is 0 Å². The average molecular weight is 375 g/mol.